The lowest BCUT2D eigenvalue weighted by Crippen LogP contribution is -2.29. The number of rotatable bonds is 2. The third-order valence-corrected chi connectivity index (χ3v) is 5.57. The first-order chi connectivity index (χ1) is 13.5. The molecule has 0 aliphatic heterocycles. The van der Waals surface area contributed by atoms with Crippen molar-refractivity contribution in [2.75, 3.05) is 0 Å². The van der Waals surface area contributed by atoms with Gasteiger partial charge in [-0.25, -0.2) is 9.55 Å². The molecule has 0 aliphatic rings. The fourth-order valence-corrected chi connectivity index (χ4v) is 4.19. The fourth-order valence-electron chi connectivity index (χ4n) is 4.19. The van der Waals surface area contributed by atoms with E-state index in [4.69, 9.17) is 4.98 Å². The number of hydrogen-bond donors (Lipinski definition) is 0. The highest BCUT2D eigenvalue weighted by Gasteiger charge is 2.23. The van der Waals surface area contributed by atoms with E-state index in [1.165, 1.54) is 27.9 Å². The molecule has 0 bridgehead atoms. The van der Waals surface area contributed by atoms with Gasteiger partial charge in [0, 0.05) is 17.8 Å². The number of hydrogen-bond acceptors (Lipinski definition) is 1. The molecule has 2 aromatic carbocycles. The first kappa shape index (κ1) is 16.8. The molecule has 0 unspecified atom stereocenters. The number of nitrogens with zero attached hydrogens (tertiary/aromatic N) is 4. The molecule has 0 radical (unpaired) electrons. The summed E-state index contributed by atoms with van der Waals surface area (Å²) in [7, 11) is 2.10. The lowest BCUT2D eigenvalue weighted by molar-refractivity contribution is -0.659. The summed E-state index contributed by atoms with van der Waals surface area (Å²) in [6.45, 7) is 6.52. The topological polar surface area (TPSA) is 26.1 Å². The Morgan fingerprint density at radius 1 is 0.893 bits per heavy atom. The quantitative estimate of drug-likeness (QED) is 0.416. The van der Waals surface area contributed by atoms with E-state index in [1.54, 1.807) is 0 Å². The molecule has 0 saturated heterocycles. The van der Waals surface area contributed by atoms with Crippen LogP contribution in [0.15, 0.2) is 67.3 Å². The van der Waals surface area contributed by atoms with Gasteiger partial charge in [-0.2, -0.15) is 4.57 Å². The number of para-hydroxylation sites is 1. The largest absolute Gasteiger partial charge is 0.308 e. The first-order valence-electron chi connectivity index (χ1n) is 9.55. The highest BCUT2D eigenvalue weighted by atomic mass is 15.1. The average molecular weight is 367 g/mol. The van der Waals surface area contributed by atoms with E-state index in [2.05, 4.69) is 90.3 Å². The molecule has 0 saturated carbocycles. The summed E-state index contributed by atoms with van der Waals surface area (Å²) in [6.07, 6.45) is 8.46. The monoisotopic (exact) mass is 367 g/mol. The van der Waals surface area contributed by atoms with Gasteiger partial charge in [-0.05, 0) is 61.7 Å². The van der Waals surface area contributed by atoms with E-state index in [0.717, 1.165) is 22.4 Å². The maximum atomic E-state index is 4.86. The van der Waals surface area contributed by atoms with E-state index in [9.17, 15) is 0 Å². The van der Waals surface area contributed by atoms with Crippen molar-refractivity contribution in [2.24, 2.45) is 7.05 Å². The summed E-state index contributed by atoms with van der Waals surface area (Å²) in [5, 5.41) is 1.15. The standard InChI is InChI=1S/C24H23N4/c1-16-7-5-8-17(2)23(16)28-12-11-26(4)24(28)20-14-21-19(13-18(20)3)15-27-10-6-9-22(27)25-21/h5-15H,1-4H3/q+1. The summed E-state index contributed by atoms with van der Waals surface area (Å²) in [6, 6.07) is 15.0. The molecule has 5 rings (SSSR count). The van der Waals surface area contributed by atoms with Gasteiger partial charge in [0.15, 0.2) is 0 Å². The zero-order chi connectivity index (χ0) is 19.4. The normalized spacial score (nSPS) is 11.6. The van der Waals surface area contributed by atoms with E-state index in [1.807, 2.05) is 18.3 Å². The molecule has 0 amide bonds. The van der Waals surface area contributed by atoms with Gasteiger partial charge in [0.25, 0.3) is 5.82 Å². The van der Waals surface area contributed by atoms with Crippen LogP contribution >= 0.6 is 0 Å². The number of fused-ring (bicyclic) bond motifs is 2. The predicted octanol–water partition coefficient (Wildman–Crippen LogP) is 4.69. The zero-order valence-corrected chi connectivity index (χ0v) is 16.6. The van der Waals surface area contributed by atoms with Gasteiger partial charge in [0.1, 0.15) is 23.7 Å². The Morgan fingerprint density at radius 2 is 1.68 bits per heavy atom. The second-order valence-electron chi connectivity index (χ2n) is 7.58. The lowest BCUT2D eigenvalue weighted by Gasteiger charge is -2.11. The molecular weight excluding hydrogens is 344 g/mol. The van der Waals surface area contributed by atoms with Crippen LogP contribution in [0.3, 0.4) is 0 Å². The maximum absolute atomic E-state index is 4.86. The predicted molar refractivity (Wildman–Crippen MR) is 113 cm³/mol. The van der Waals surface area contributed by atoms with Crippen molar-refractivity contribution in [1.82, 2.24) is 14.0 Å². The van der Waals surface area contributed by atoms with Crippen LogP contribution in [0.25, 0.3) is 33.6 Å². The maximum Gasteiger partial charge on any atom is 0.294 e. The third-order valence-electron chi connectivity index (χ3n) is 5.57. The molecule has 0 fully saturated rings. The smallest absolute Gasteiger partial charge is 0.294 e. The van der Waals surface area contributed by atoms with Crippen LogP contribution in [0.5, 0.6) is 0 Å². The molecule has 0 spiro atoms. The summed E-state index contributed by atoms with van der Waals surface area (Å²) in [4.78, 5) is 4.86. The van der Waals surface area contributed by atoms with E-state index < -0.39 is 0 Å². The van der Waals surface area contributed by atoms with Crippen molar-refractivity contribution in [3.8, 4) is 17.1 Å². The molecule has 3 heterocycles. The van der Waals surface area contributed by atoms with Crippen molar-refractivity contribution in [3.05, 3.63) is 83.9 Å². The summed E-state index contributed by atoms with van der Waals surface area (Å²) >= 11 is 0. The Hall–Kier alpha value is -3.40. The molecule has 4 nitrogen and oxygen atoms in total. The zero-order valence-electron chi connectivity index (χ0n) is 16.6. The first-order valence-corrected chi connectivity index (χ1v) is 9.55. The lowest BCUT2D eigenvalue weighted by atomic mass is 10.0. The second-order valence-corrected chi connectivity index (χ2v) is 7.58. The summed E-state index contributed by atoms with van der Waals surface area (Å²) < 4.78 is 6.56. The molecule has 0 N–H and O–H groups in total. The van der Waals surface area contributed by atoms with E-state index >= 15 is 0 Å². The van der Waals surface area contributed by atoms with Crippen molar-refractivity contribution in [1.29, 1.82) is 0 Å². The van der Waals surface area contributed by atoms with Crippen LogP contribution in [0, 0.1) is 20.8 Å². The second kappa shape index (κ2) is 6.06. The Labute approximate surface area is 164 Å². The van der Waals surface area contributed by atoms with Gasteiger partial charge >= 0.3 is 0 Å². The minimum absolute atomic E-state index is 0.969. The van der Waals surface area contributed by atoms with Gasteiger partial charge in [-0.15, -0.1) is 0 Å². The Morgan fingerprint density at radius 3 is 2.46 bits per heavy atom. The number of imidazole rings is 1. The van der Waals surface area contributed by atoms with Crippen LogP contribution in [-0.2, 0) is 7.05 Å². The highest BCUT2D eigenvalue weighted by molar-refractivity contribution is 5.86. The summed E-state index contributed by atoms with van der Waals surface area (Å²) in [5.41, 5.74) is 8.20. The molecule has 5 aromatic rings. The van der Waals surface area contributed by atoms with Crippen LogP contribution in [0.4, 0.5) is 0 Å². The van der Waals surface area contributed by atoms with E-state index in [-0.39, 0.29) is 0 Å². The average Bonchev–Trinajstić information content (AvgIpc) is 3.26. The summed E-state index contributed by atoms with van der Waals surface area (Å²) in [5.74, 6) is 1.16. The molecule has 138 valence electrons. The van der Waals surface area contributed by atoms with Gasteiger partial charge in [-0.3, -0.25) is 0 Å². The highest BCUT2D eigenvalue weighted by Crippen LogP contribution is 2.30. The van der Waals surface area contributed by atoms with Gasteiger partial charge in [0.2, 0.25) is 0 Å². The van der Waals surface area contributed by atoms with Crippen LogP contribution in [-0.4, -0.2) is 14.0 Å². The SMILES string of the molecule is Cc1cc2cn3cccc3nc2cc1-c1n(-c2c(C)cccc2C)cc[n+]1C. The minimum atomic E-state index is 0.969. The van der Waals surface area contributed by atoms with Crippen LogP contribution in [0.2, 0.25) is 0 Å². The van der Waals surface area contributed by atoms with Crippen molar-refractivity contribution < 1.29 is 4.57 Å². The molecule has 3 aromatic heterocycles. The number of aromatic nitrogens is 4. The molecule has 4 heteroatoms. The van der Waals surface area contributed by atoms with Gasteiger partial charge in [0.05, 0.1) is 18.1 Å². The molecule has 0 aliphatic carbocycles. The van der Waals surface area contributed by atoms with Crippen LogP contribution in [0.1, 0.15) is 16.7 Å². The van der Waals surface area contributed by atoms with Gasteiger partial charge < -0.3 is 4.40 Å². The molecule has 0 atom stereocenters. The minimum Gasteiger partial charge on any atom is -0.308 e. The Bertz CT molecular complexity index is 1330. The third kappa shape index (κ3) is 2.45. The van der Waals surface area contributed by atoms with Crippen LogP contribution < -0.4 is 4.57 Å². The van der Waals surface area contributed by atoms with Crippen molar-refractivity contribution in [3.63, 3.8) is 0 Å². The fraction of sp³-hybridized carbons (Fsp3) is 0.167. The molecular formula is C24H23N4+. The number of aryl methyl sites for hydroxylation is 4. The van der Waals surface area contributed by atoms with E-state index in [0.29, 0.717) is 0 Å². The Balaban J connectivity index is 1.80. The van der Waals surface area contributed by atoms with Crippen molar-refractivity contribution in [2.45, 2.75) is 20.8 Å². The van der Waals surface area contributed by atoms with Crippen molar-refractivity contribution >= 4 is 16.6 Å². The number of benzene rings is 2. The van der Waals surface area contributed by atoms with Gasteiger partial charge in [-0.1, -0.05) is 18.2 Å². The Kier molecular flexibility index (Phi) is 3.63. The molecule has 28 heavy (non-hydrogen) atoms.